The van der Waals surface area contributed by atoms with Crippen LogP contribution in [-0.2, 0) is 25.6 Å². The van der Waals surface area contributed by atoms with E-state index in [-0.39, 0.29) is 0 Å². The number of benzene rings is 2. The van der Waals surface area contributed by atoms with Gasteiger partial charge in [-0.3, -0.25) is 4.18 Å². The zero-order valence-electron chi connectivity index (χ0n) is 16.9. The number of hydrogen-bond acceptors (Lipinski definition) is 5. The van der Waals surface area contributed by atoms with Crippen molar-refractivity contribution in [3.8, 4) is 17.6 Å². The van der Waals surface area contributed by atoms with Crippen LogP contribution in [0.2, 0.25) is 0 Å². The molecule has 0 saturated carbocycles. The first-order valence-corrected chi connectivity index (χ1v) is 11.7. The standard InChI is InChI=1S/C22H25BrO5S/c1-5-6-18-9-10-19(23)14-21(18)22(13-16(2)28-29(4,24)25)27-15-17-7-11-20(26-3)12-8-17/h7-12,14,16,22H,13,15H2,1-4H3. The van der Waals surface area contributed by atoms with Crippen molar-refractivity contribution in [1.29, 1.82) is 0 Å². The summed E-state index contributed by atoms with van der Waals surface area (Å²) in [7, 11) is -1.94. The zero-order chi connectivity index (χ0) is 21.4. The molecule has 2 rings (SSSR count). The summed E-state index contributed by atoms with van der Waals surface area (Å²) in [4.78, 5) is 0. The molecule has 29 heavy (non-hydrogen) atoms. The molecule has 156 valence electrons. The van der Waals surface area contributed by atoms with Crippen molar-refractivity contribution in [2.45, 2.75) is 39.1 Å². The van der Waals surface area contributed by atoms with Crippen molar-refractivity contribution in [2.75, 3.05) is 13.4 Å². The summed E-state index contributed by atoms with van der Waals surface area (Å²) in [6, 6.07) is 13.4. The fourth-order valence-corrected chi connectivity index (χ4v) is 3.95. The fraction of sp³-hybridized carbons (Fsp3) is 0.364. The SMILES string of the molecule is CC#Cc1ccc(Br)cc1C(CC(C)OS(C)(=O)=O)OCc1ccc(OC)cc1. The van der Waals surface area contributed by atoms with Gasteiger partial charge in [0.25, 0.3) is 10.1 Å². The van der Waals surface area contributed by atoms with Crippen LogP contribution in [0.5, 0.6) is 5.75 Å². The van der Waals surface area contributed by atoms with E-state index < -0.39 is 22.3 Å². The number of rotatable bonds is 9. The first kappa shape index (κ1) is 23.4. The summed E-state index contributed by atoms with van der Waals surface area (Å²) in [5.74, 6) is 6.78. The Bertz CT molecular complexity index is 974. The molecule has 0 aliphatic rings. The molecule has 0 bridgehead atoms. The lowest BCUT2D eigenvalue weighted by Gasteiger charge is -2.23. The average Bonchev–Trinajstić information content (AvgIpc) is 2.65. The third-order valence-corrected chi connectivity index (χ3v) is 5.29. The Kier molecular flexibility index (Phi) is 8.72. The molecule has 0 aliphatic heterocycles. The normalized spacial score (nSPS) is 13.3. The molecule has 0 radical (unpaired) electrons. The highest BCUT2D eigenvalue weighted by Crippen LogP contribution is 2.31. The van der Waals surface area contributed by atoms with Gasteiger partial charge in [0.05, 0.1) is 32.2 Å². The maximum atomic E-state index is 11.5. The van der Waals surface area contributed by atoms with E-state index >= 15 is 0 Å². The van der Waals surface area contributed by atoms with Gasteiger partial charge < -0.3 is 9.47 Å². The van der Waals surface area contributed by atoms with E-state index in [1.807, 2.05) is 42.5 Å². The Labute approximate surface area is 181 Å². The minimum atomic E-state index is -3.56. The first-order valence-electron chi connectivity index (χ1n) is 9.07. The van der Waals surface area contributed by atoms with Crippen molar-refractivity contribution in [3.05, 3.63) is 63.6 Å². The van der Waals surface area contributed by atoms with Crippen molar-refractivity contribution >= 4 is 26.0 Å². The topological polar surface area (TPSA) is 61.8 Å². The minimum absolute atomic E-state index is 0.353. The molecule has 2 atom stereocenters. The fourth-order valence-electron chi connectivity index (χ4n) is 2.89. The second kappa shape index (κ2) is 10.8. The van der Waals surface area contributed by atoms with Crippen LogP contribution < -0.4 is 4.74 Å². The molecule has 2 aromatic carbocycles. The molecule has 2 unspecified atom stereocenters. The molecule has 0 heterocycles. The first-order chi connectivity index (χ1) is 13.7. The summed E-state index contributed by atoms with van der Waals surface area (Å²) in [5, 5.41) is 0. The highest BCUT2D eigenvalue weighted by Gasteiger charge is 2.22. The summed E-state index contributed by atoms with van der Waals surface area (Å²) >= 11 is 3.50. The molecule has 0 amide bonds. The Morgan fingerprint density at radius 1 is 1.14 bits per heavy atom. The van der Waals surface area contributed by atoms with Gasteiger partial charge in [-0.15, -0.1) is 5.92 Å². The quantitative estimate of drug-likeness (QED) is 0.379. The Balaban J connectivity index is 2.29. The molecule has 2 aromatic rings. The Morgan fingerprint density at radius 2 is 1.83 bits per heavy atom. The van der Waals surface area contributed by atoms with Gasteiger partial charge >= 0.3 is 0 Å². The van der Waals surface area contributed by atoms with Gasteiger partial charge in [0, 0.05) is 16.5 Å². The highest BCUT2D eigenvalue weighted by molar-refractivity contribution is 9.10. The Morgan fingerprint density at radius 3 is 2.41 bits per heavy atom. The lowest BCUT2D eigenvalue weighted by molar-refractivity contribution is 0.0122. The Hall–Kier alpha value is -1.85. The van der Waals surface area contributed by atoms with Crippen molar-refractivity contribution in [3.63, 3.8) is 0 Å². The zero-order valence-corrected chi connectivity index (χ0v) is 19.3. The van der Waals surface area contributed by atoms with Gasteiger partial charge in [0.1, 0.15) is 5.75 Å². The number of halogens is 1. The highest BCUT2D eigenvalue weighted by atomic mass is 79.9. The second-order valence-corrected chi connectivity index (χ2v) is 9.12. The molecular formula is C22H25BrO5S. The largest absolute Gasteiger partial charge is 0.497 e. The monoisotopic (exact) mass is 480 g/mol. The van der Waals surface area contributed by atoms with E-state index in [9.17, 15) is 8.42 Å². The predicted molar refractivity (Wildman–Crippen MR) is 117 cm³/mol. The number of methoxy groups -OCH3 is 1. The van der Waals surface area contributed by atoms with Crippen LogP contribution in [0.1, 0.15) is 43.1 Å². The van der Waals surface area contributed by atoms with Crippen molar-refractivity contribution in [2.24, 2.45) is 0 Å². The van der Waals surface area contributed by atoms with E-state index in [1.54, 1.807) is 21.0 Å². The lowest BCUT2D eigenvalue weighted by atomic mass is 9.98. The van der Waals surface area contributed by atoms with Crippen LogP contribution in [0, 0.1) is 11.8 Å². The molecule has 7 heteroatoms. The average molecular weight is 481 g/mol. The van der Waals surface area contributed by atoms with E-state index in [0.717, 1.165) is 33.2 Å². The maximum Gasteiger partial charge on any atom is 0.264 e. The predicted octanol–water partition coefficient (Wildman–Crippen LogP) is 4.84. The number of ether oxygens (including phenoxy) is 2. The van der Waals surface area contributed by atoms with Crippen molar-refractivity contribution < 1.29 is 22.1 Å². The van der Waals surface area contributed by atoms with E-state index in [1.165, 1.54) is 0 Å². The van der Waals surface area contributed by atoms with E-state index in [0.29, 0.717) is 13.0 Å². The van der Waals surface area contributed by atoms with Gasteiger partial charge in [-0.05, 0) is 55.3 Å². The molecule has 0 fully saturated rings. The van der Waals surface area contributed by atoms with Gasteiger partial charge in [0.15, 0.2) is 0 Å². The summed E-state index contributed by atoms with van der Waals surface area (Å²) in [6.45, 7) is 3.84. The maximum absolute atomic E-state index is 11.5. The molecule has 0 aromatic heterocycles. The van der Waals surface area contributed by atoms with Gasteiger partial charge in [0.2, 0.25) is 0 Å². The summed E-state index contributed by atoms with van der Waals surface area (Å²) in [6.07, 6.45) is 0.455. The lowest BCUT2D eigenvalue weighted by Crippen LogP contribution is -2.19. The smallest absolute Gasteiger partial charge is 0.264 e. The van der Waals surface area contributed by atoms with Crippen LogP contribution in [-0.4, -0.2) is 27.9 Å². The molecular weight excluding hydrogens is 456 g/mol. The third-order valence-electron chi connectivity index (χ3n) is 4.12. The van der Waals surface area contributed by atoms with Crippen molar-refractivity contribution in [1.82, 2.24) is 0 Å². The van der Waals surface area contributed by atoms with Gasteiger partial charge in [-0.1, -0.05) is 34.0 Å². The third kappa shape index (κ3) is 7.82. The van der Waals surface area contributed by atoms with Gasteiger partial charge in [-0.2, -0.15) is 8.42 Å². The number of hydrogen-bond donors (Lipinski definition) is 0. The summed E-state index contributed by atoms with van der Waals surface area (Å²) < 4.78 is 40.5. The van der Waals surface area contributed by atoms with Gasteiger partial charge in [-0.25, -0.2) is 0 Å². The minimum Gasteiger partial charge on any atom is -0.497 e. The molecule has 5 nitrogen and oxygen atoms in total. The van der Waals surface area contributed by atoms with Crippen LogP contribution in [0.25, 0.3) is 0 Å². The van der Waals surface area contributed by atoms with Crippen LogP contribution in [0.4, 0.5) is 0 Å². The molecule has 0 spiro atoms. The van der Waals surface area contributed by atoms with E-state index in [4.69, 9.17) is 13.7 Å². The molecule has 0 N–H and O–H groups in total. The van der Waals surface area contributed by atoms with E-state index in [2.05, 4.69) is 27.8 Å². The van der Waals surface area contributed by atoms with Crippen LogP contribution >= 0.6 is 15.9 Å². The molecule has 0 aliphatic carbocycles. The van der Waals surface area contributed by atoms with Crippen LogP contribution in [0.15, 0.2) is 46.9 Å². The second-order valence-electron chi connectivity index (χ2n) is 6.60. The molecule has 0 saturated heterocycles. The summed E-state index contributed by atoms with van der Waals surface area (Å²) in [5.41, 5.74) is 2.69. The van der Waals surface area contributed by atoms with Crippen LogP contribution in [0.3, 0.4) is 0 Å².